The summed E-state index contributed by atoms with van der Waals surface area (Å²) in [6, 6.07) is 15.6. The number of ether oxygens (including phenoxy) is 1. The Kier molecular flexibility index (Phi) is 6.58. The fraction of sp³-hybridized carbons (Fsp3) is 0.400. The molecular formula is C25H28ClNO5S. The van der Waals surface area contributed by atoms with Crippen molar-refractivity contribution in [2.45, 2.75) is 43.1 Å². The molecule has 1 N–H and O–H groups in total. The predicted molar refractivity (Wildman–Crippen MR) is 130 cm³/mol. The molecule has 0 amide bonds. The highest BCUT2D eigenvalue weighted by molar-refractivity contribution is 7.85. The highest BCUT2D eigenvalue weighted by Crippen LogP contribution is 2.54. The van der Waals surface area contributed by atoms with Gasteiger partial charge in [-0.1, -0.05) is 53.6 Å². The van der Waals surface area contributed by atoms with Crippen molar-refractivity contribution in [3.63, 3.8) is 0 Å². The maximum atomic E-state index is 13.0. The van der Waals surface area contributed by atoms with Crippen molar-refractivity contribution >= 4 is 39.5 Å². The molecule has 176 valence electrons. The lowest BCUT2D eigenvalue weighted by atomic mass is 9.62. The van der Waals surface area contributed by atoms with E-state index in [1.165, 1.54) is 12.7 Å². The topological polar surface area (TPSA) is 81.7 Å². The molecule has 0 atom stereocenters. The fourth-order valence-electron chi connectivity index (χ4n) is 5.28. The molecule has 1 fully saturated rings. The van der Waals surface area contributed by atoms with Gasteiger partial charge >= 0.3 is 5.97 Å². The molecule has 2 aliphatic rings. The van der Waals surface area contributed by atoms with Crippen LogP contribution in [0.15, 0.2) is 54.1 Å². The van der Waals surface area contributed by atoms with Gasteiger partial charge in [-0.25, -0.2) is 4.79 Å². The Labute approximate surface area is 200 Å². The summed E-state index contributed by atoms with van der Waals surface area (Å²) in [5.41, 5.74) is 3.16. The second kappa shape index (κ2) is 9.12. The van der Waals surface area contributed by atoms with E-state index in [1.54, 1.807) is 12.1 Å². The molecule has 4 rings (SSSR count). The van der Waals surface area contributed by atoms with Gasteiger partial charge in [-0.3, -0.25) is 4.18 Å². The number of hydrogen-bond acceptors (Lipinski definition) is 6. The number of carbonyl (C=O) groups is 1. The maximum absolute atomic E-state index is 13.0. The standard InChI is InChI=1S/C25H28ClNO5S/c1-31-23(28)25(27-21-8-5-7-20(26)17-21)13-11-24(12-14-25)19(10-15-32-33(2,29)30)16-18-6-3-4-9-22(18)24/h3-9,16-17,27H,10-15H2,1-2H3. The third-order valence-electron chi connectivity index (χ3n) is 6.83. The number of anilines is 1. The molecule has 0 aromatic heterocycles. The molecule has 2 aliphatic carbocycles. The van der Waals surface area contributed by atoms with Gasteiger partial charge in [-0.15, -0.1) is 0 Å². The maximum Gasteiger partial charge on any atom is 0.331 e. The van der Waals surface area contributed by atoms with Crippen molar-refractivity contribution in [3.05, 3.63) is 70.3 Å². The molecule has 0 radical (unpaired) electrons. The highest BCUT2D eigenvalue weighted by atomic mass is 35.5. The van der Waals surface area contributed by atoms with Crippen LogP contribution in [0.1, 0.15) is 43.2 Å². The van der Waals surface area contributed by atoms with Crippen LogP contribution in [-0.4, -0.2) is 39.9 Å². The van der Waals surface area contributed by atoms with E-state index in [2.05, 4.69) is 23.5 Å². The zero-order chi connectivity index (χ0) is 23.7. The summed E-state index contributed by atoms with van der Waals surface area (Å²) in [4.78, 5) is 13.0. The number of hydrogen-bond donors (Lipinski definition) is 1. The van der Waals surface area contributed by atoms with E-state index < -0.39 is 15.7 Å². The van der Waals surface area contributed by atoms with E-state index in [0.29, 0.717) is 24.3 Å². The van der Waals surface area contributed by atoms with Crippen molar-refractivity contribution in [1.29, 1.82) is 0 Å². The van der Waals surface area contributed by atoms with E-state index >= 15 is 0 Å². The molecule has 1 spiro atoms. The summed E-state index contributed by atoms with van der Waals surface area (Å²) in [5.74, 6) is -0.297. The van der Waals surface area contributed by atoms with E-state index in [1.807, 2.05) is 24.3 Å². The van der Waals surface area contributed by atoms with Crippen LogP contribution in [0.25, 0.3) is 6.08 Å². The molecule has 1 saturated carbocycles. The first-order valence-corrected chi connectivity index (χ1v) is 13.1. The van der Waals surface area contributed by atoms with E-state index in [-0.39, 0.29) is 18.0 Å². The molecule has 33 heavy (non-hydrogen) atoms. The van der Waals surface area contributed by atoms with Gasteiger partial charge in [0.1, 0.15) is 5.54 Å². The van der Waals surface area contributed by atoms with Crippen LogP contribution < -0.4 is 5.32 Å². The summed E-state index contributed by atoms with van der Waals surface area (Å²) in [6.07, 6.45) is 6.28. The Balaban J connectivity index is 1.62. The summed E-state index contributed by atoms with van der Waals surface area (Å²) in [7, 11) is -2.10. The predicted octanol–water partition coefficient (Wildman–Crippen LogP) is 4.94. The second-order valence-corrected chi connectivity index (χ2v) is 10.9. The molecule has 8 heteroatoms. The number of esters is 1. The van der Waals surface area contributed by atoms with Crippen LogP contribution in [0.2, 0.25) is 5.02 Å². The number of halogens is 1. The number of rotatable bonds is 7. The number of carbonyl (C=O) groups excluding carboxylic acids is 1. The normalized spacial score (nSPS) is 24.3. The Bertz CT molecular complexity index is 1180. The molecule has 0 bridgehead atoms. The fourth-order valence-corrected chi connectivity index (χ4v) is 5.86. The molecule has 0 aliphatic heterocycles. The Morgan fingerprint density at radius 1 is 1.09 bits per heavy atom. The average Bonchev–Trinajstić information content (AvgIpc) is 3.07. The first-order chi connectivity index (χ1) is 15.7. The molecule has 6 nitrogen and oxygen atoms in total. The zero-order valence-corrected chi connectivity index (χ0v) is 20.3. The number of methoxy groups -OCH3 is 1. The lowest BCUT2D eigenvalue weighted by Gasteiger charge is -2.46. The smallest absolute Gasteiger partial charge is 0.331 e. The largest absolute Gasteiger partial charge is 0.467 e. The van der Waals surface area contributed by atoms with Crippen LogP contribution in [0.5, 0.6) is 0 Å². The number of fused-ring (bicyclic) bond motifs is 2. The van der Waals surface area contributed by atoms with Crippen molar-refractivity contribution in [1.82, 2.24) is 0 Å². The quantitative estimate of drug-likeness (QED) is 0.438. The monoisotopic (exact) mass is 489 g/mol. The van der Waals surface area contributed by atoms with Gasteiger partial charge in [0.15, 0.2) is 0 Å². The molecule has 0 saturated heterocycles. The third-order valence-corrected chi connectivity index (χ3v) is 7.66. The minimum absolute atomic E-state index is 0.101. The molecule has 2 aromatic carbocycles. The number of nitrogens with one attached hydrogen (secondary N) is 1. The zero-order valence-electron chi connectivity index (χ0n) is 18.8. The van der Waals surface area contributed by atoms with Crippen LogP contribution in [0.3, 0.4) is 0 Å². The van der Waals surface area contributed by atoms with E-state index in [0.717, 1.165) is 35.9 Å². The Morgan fingerprint density at radius 2 is 1.82 bits per heavy atom. The van der Waals surface area contributed by atoms with Gasteiger partial charge in [-0.2, -0.15) is 8.42 Å². The van der Waals surface area contributed by atoms with Gasteiger partial charge in [0, 0.05) is 16.1 Å². The van der Waals surface area contributed by atoms with E-state index in [4.69, 9.17) is 20.5 Å². The van der Waals surface area contributed by atoms with Crippen LogP contribution in [0.4, 0.5) is 5.69 Å². The first kappa shape index (κ1) is 23.8. The summed E-state index contributed by atoms with van der Waals surface area (Å²) in [6.45, 7) is 0.101. The Hall–Kier alpha value is -2.35. The lowest BCUT2D eigenvalue weighted by Crippen LogP contribution is -2.52. The van der Waals surface area contributed by atoms with Crippen molar-refractivity contribution in [2.75, 3.05) is 25.3 Å². The Morgan fingerprint density at radius 3 is 2.48 bits per heavy atom. The molecule has 0 heterocycles. The van der Waals surface area contributed by atoms with E-state index in [9.17, 15) is 13.2 Å². The number of benzene rings is 2. The SMILES string of the molecule is COC(=O)C1(Nc2cccc(Cl)c2)CCC2(CC1)C(CCOS(C)(=O)=O)=Cc1ccccc12. The van der Waals surface area contributed by atoms with Gasteiger partial charge in [0.2, 0.25) is 0 Å². The molecule has 0 unspecified atom stereocenters. The second-order valence-electron chi connectivity index (χ2n) is 8.82. The van der Waals surface area contributed by atoms with Crippen LogP contribution >= 0.6 is 11.6 Å². The molecular weight excluding hydrogens is 462 g/mol. The third kappa shape index (κ3) is 4.81. The summed E-state index contributed by atoms with van der Waals surface area (Å²) < 4.78 is 33.2. The average molecular weight is 490 g/mol. The summed E-state index contributed by atoms with van der Waals surface area (Å²) >= 11 is 6.16. The van der Waals surface area contributed by atoms with Gasteiger partial charge < -0.3 is 10.1 Å². The minimum Gasteiger partial charge on any atom is -0.467 e. The van der Waals surface area contributed by atoms with Crippen molar-refractivity contribution in [3.8, 4) is 0 Å². The van der Waals surface area contributed by atoms with Gasteiger partial charge in [0.05, 0.1) is 20.0 Å². The first-order valence-electron chi connectivity index (χ1n) is 10.9. The van der Waals surface area contributed by atoms with Crippen LogP contribution in [-0.2, 0) is 29.2 Å². The molecule has 2 aromatic rings. The lowest BCUT2D eigenvalue weighted by molar-refractivity contribution is -0.147. The summed E-state index contributed by atoms with van der Waals surface area (Å²) in [5, 5.41) is 4.00. The minimum atomic E-state index is -3.51. The van der Waals surface area contributed by atoms with Crippen molar-refractivity contribution in [2.24, 2.45) is 0 Å². The van der Waals surface area contributed by atoms with Gasteiger partial charge in [0.25, 0.3) is 10.1 Å². The highest BCUT2D eigenvalue weighted by Gasteiger charge is 2.51. The van der Waals surface area contributed by atoms with Crippen LogP contribution in [0, 0.1) is 0 Å². The van der Waals surface area contributed by atoms with Gasteiger partial charge in [-0.05, 0) is 61.4 Å². The van der Waals surface area contributed by atoms with Crippen molar-refractivity contribution < 1.29 is 22.1 Å².